The number of thiophene rings is 1. The molecule has 6 nitrogen and oxygen atoms in total. The van der Waals surface area contributed by atoms with Gasteiger partial charge in [-0.3, -0.25) is 19.6 Å². The molecule has 34 heavy (non-hydrogen) atoms. The normalized spacial score (nSPS) is 14.9. The van der Waals surface area contributed by atoms with Crippen LogP contribution in [0.3, 0.4) is 0 Å². The maximum absolute atomic E-state index is 13.6. The van der Waals surface area contributed by atoms with Crippen LogP contribution in [-0.2, 0) is 6.54 Å². The van der Waals surface area contributed by atoms with E-state index in [1.807, 2.05) is 34.5 Å². The Morgan fingerprint density at radius 2 is 1.76 bits per heavy atom. The first-order valence-electron chi connectivity index (χ1n) is 11.1. The first-order chi connectivity index (χ1) is 16.6. The third kappa shape index (κ3) is 4.88. The molecular weight excluding hydrogens is 489 g/mol. The lowest BCUT2D eigenvalue weighted by molar-refractivity contribution is 0.0961. The monoisotopic (exact) mass is 511 g/mol. The van der Waals surface area contributed by atoms with Crippen molar-refractivity contribution in [2.45, 2.75) is 25.4 Å². The zero-order valence-corrected chi connectivity index (χ0v) is 20.7. The SMILES string of the molecule is O=C(c1cccs1)N(c1ccn(-c2c(Cl)cncc2Cl)n1)C1CCN(Cc2ccccc2)CC1. The Kier molecular flexibility index (Phi) is 6.97. The Labute approximate surface area is 212 Å². The van der Waals surface area contributed by atoms with Gasteiger partial charge in [-0.15, -0.1) is 16.4 Å². The summed E-state index contributed by atoms with van der Waals surface area (Å²) >= 11 is 14.1. The number of aromatic nitrogens is 3. The van der Waals surface area contributed by atoms with Crippen LogP contribution in [0.15, 0.2) is 72.5 Å². The second-order valence-electron chi connectivity index (χ2n) is 8.22. The highest BCUT2D eigenvalue weighted by Gasteiger charge is 2.32. The molecule has 4 aromatic rings. The van der Waals surface area contributed by atoms with E-state index in [2.05, 4.69) is 34.1 Å². The molecule has 0 aliphatic carbocycles. The first-order valence-corrected chi connectivity index (χ1v) is 12.7. The number of anilines is 1. The number of rotatable bonds is 6. The summed E-state index contributed by atoms with van der Waals surface area (Å²) in [5, 5.41) is 7.42. The Morgan fingerprint density at radius 3 is 2.44 bits per heavy atom. The molecule has 0 saturated carbocycles. The van der Waals surface area contributed by atoms with E-state index in [1.165, 1.54) is 29.3 Å². The van der Waals surface area contributed by atoms with Gasteiger partial charge in [0.05, 0.1) is 14.9 Å². The van der Waals surface area contributed by atoms with Crippen LogP contribution in [0.2, 0.25) is 10.0 Å². The lowest BCUT2D eigenvalue weighted by atomic mass is 10.0. The van der Waals surface area contributed by atoms with Gasteiger partial charge in [0.25, 0.3) is 5.91 Å². The first kappa shape index (κ1) is 23.1. The number of hydrogen-bond donors (Lipinski definition) is 0. The van der Waals surface area contributed by atoms with Crippen molar-refractivity contribution < 1.29 is 4.79 Å². The van der Waals surface area contributed by atoms with E-state index in [4.69, 9.17) is 28.3 Å². The molecule has 1 aliphatic heterocycles. The largest absolute Gasteiger partial charge is 0.299 e. The average Bonchev–Trinajstić information content (AvgIpc) is 3.54. The van der Waals surface area contributed by atoms with Crippen LogP contribution in [0.25, 0.3) is 5.69 Å². The van der Waals surface area contributed by atoms with Crippen molar-refractivity contribution in [3.8, 4) is 5.69 Å². The zero-order valence-electron chi connectivity index (χ0n) is 18.3. The Bertz CT molecular complexity index is 1230. The lowest BCUT2D eigenvalue weighted by Crippen LogP contribution is -2.47. The molecule has 5 rings (SSSR count). The predicted octanol–water partition coefficient (Wildman–Crippen LogP) is 5.95. The predicted molar refractivity (Wildman–Crippen MR) is 137 cm³/mol. The number of nitrogens with zero attached hydrogens (tertiary/aromatic N) is 5. The van der Waals surface area contributed by atoms with Gasteiger partial charge in [-0.2, -0.15) is 0 Å². The summed E-state index contributed by atoms with van der Waals surface area (Å²) in [6, 6.07) is 16.1. The molecule has 0 radical (unpaired) electrons. The molecule has 0 atom stereocenters. The van der Waals surface area contributed by atoms with E-state index >= 15 is 0 Å². The number of amides is 1. The van der Waals surface area contributed by atoms with Crippen molar-refractivity contribution in [2.75, 3.05) is 18.0 Å². The minimum atomic E-state index is -0.0336. The third-order valence-corrected chi connectivity index (χ3v) is 7.41. The molecule has 9 heteroatoms. The summed E-state index contributed by atoms with van der Waals surface area (Å²) in [6.45, 7) is 2.74. The average molecular weight is 512 g/mol. The Morgan fingerprint density at radius 1 is 1.03 bits per heavy atom. The number of carbonyl (C=O) groups is 1. The van der Waals surface area contributed by atoms with Crippen LogP contribution in [0.5, 0.6) is 0 Å². The fourth-order valence-electron chi connectivity index (χ4n) is 4.34. The minimum absolute atomic E-state index is 0.0336. The minimum Gasteiger partial charge on any atom is -0.299 e. The second kappa shape index (κ2) is 10.3. The summed E-state index contributed by atoms with van der Waals surface area (Å²) in [5.41, 5.74) is 1.85. The molecule has 1 amide bonds. The molecule has 0 spiro atoms. The lowest BCUT2D eigenvalue weighted by Gasteiger charge is -2.37. The van der Waals surface area contributed by atoms with E-state index in [0.717, 1.165) is 32.5 Å². The molecule has 1 aromatic carbocycles. The van der Waals surface area contributed by atoms with Crippen molar-refractivity contribution in [3.05, 3.63) is 93.0 Å². The number of pyridine rings is 1. The second-order valence-corrected chi connectivity index (χ2v) is 9.98. The highest BCUT2D eigenvalue weighted by atomic mass is 35.5. The van der Waals surface area contributed by atoms with Crippen LogP contribution in [0, 0.1) is 0 Å². The van der Waals surface area contributed by atoms with Gasteiger partial charge in [0.1, 0.15) is 5.69 Å². The number of benzene rings is 1. The molecule has 3 aromatic heterocycles. The molecule has 0 N–H and O–H groups in total. The summed E-state index contributed by atoms with van der Waals surface area (Å²) in [4.78, 5) is 22.6. The van der Waals surface area contributed by atoms with Crippen molar-refractivity contribution in [1.82, 2.24) is 19.7 Å². The Balaban J connectivity index is 1.39. The molecule has 174 valence electrons. The number of carbonyl (C=O) groups excluding carboxylic acids is 1. The van der Waals surface area contributed by atoms with Crippen molar-refractivity contribution in [1.29, 1.82) is 0 Å². The zero-order chi connectivity index (χ0) is 23.5. The highest BCUT2D eigenvalue weighted by molar-refractivity contribution is 7.12. The van der Waals surface area contributed by atoms with Gasteiger partial charge in [0, 0.05) is 50.3 Å². The molecule has 1 fully saturated rings. The highest BCUT2D eigenvalue weighted by Crippen LogP contribution is 2.30. The fourth-order valence-corrected chi connectivity index (χ4v) is 5.54. The van der Waals surface area contributed by atoms with E-state index in [0.29, 0.717) is 26.4 Å². The van der Waals surface area contributed by atoms with Crippen LogP contribution in [-0.4, -0.2) is 44.7 Å². The van der Waals surface area contributed by atoms with Gasteiger partial charge in [-0.25, -0.2) is 4.68 Å². The van der Waals surface area contributed by atoms with Crippen molar-refractivity contribution in [2.24, 2.45) is 0 Å². The molecule has 4 heterocycles. The third-order valence-electron chi connectivity index (χ3n) is 6.00. The van der Waals surface area contributed by atoms with Crippen LogP contribution >= 0.6 is 34.5 Å². The number of halogens is 2. The molecular formula is C25H23Cl2N5OS. The van der Waals surface area contributed by atoms with Gasteiger partial charge in [0.15, 0.2) is 5.82 Å². The van der Waals surface area contributed by atoms with Crippen LogP contribution < -0.4 is 4.90 Å². The summed E-state index contributed by atoms with van der Waals surface area (Å²) in [5.74, 6) is 0.553. The van der Waals surface area contributed by atoms with E-state index in [-0.39, 0.29) is 11.9 Å². The maximum Gasteiger partial charge on any atom is 0.269 e. The standard InChI is InChI=1S/C25H23Cl2N5OS/c26-20-15-28-16-21(27)24(20)31-13-10-23(29-31)32(25(33)22-7-4-14-34-22)19-8-11-30(12-9-19)17-18-5-2-1-3-6-18/h1-7,10,13-16,19H,8-9,11-12,17H2. The molecule has 0 bridgehead atoms. The maximum atomic E-state index is 13.6. The fraction of sp³-hybridized carbons (Fsp3) is 0.240. The molecule has 0 unspecified atom stereocenters. The summed E-state index contributed by atoms with van der Waals surface area (Å²) < 4.78 is 1.61. The van der Waals surface area contributed by atoms with Gasteiger partial charge in [-0.1, -0.05) is 59.6 Å². The van der Waals surface area contributed by atoms with Gasteiger partial charge in [-0.05, 0) is 29.9 Å². The number of likely N-dealkylation sites (tertiary alicyclic amines) is 1. The van der Waals surface area contributed by atoms with Crippen molar-refractivity contribution in [3.63, 3.8) is 0 Å². The molecule has 1 saturated heterocycles. The van der Waals surface area contributed by atoms with Crippen LogP contribution in [0.1, 0.15) is 28.1 Å². The Hall–Kier alpha value is -2.71. The number of piperidine rings is 1. The van der Waals surface area contributed by atoms with Crippen molar-refractivity contribution >= 4 is 46.3 Å². The van der Waals surface area contributed by atoms with E-state index < -0.39 is 0 Å². The van der Waals surface area contributed by atoms with E-state index in [9.17, 15) is 4.79 Å². The smallest absolute Gasteiger partial charge is 0.269 e. The topological polar surface area (TPSA) is 54.3 Å². The van der Waals surface area contributed by atoms with Gasteiger partial charge >= 0.3 is 0 Å². The summed E-state index contributed by atoms with van der Waals surface area (Å²) in [6.07, 6.45) is 6.57. The van der Waals surface area contributed by atoms with E-state index in [1.54, 1.807) is 10.9 Å². The number of hydrogen-bond acceptors (Lipinski definition) is 5. The molecule has 1 aliphatic rings. The van der Waals surface area contributed by atoms with Gasteiger partial charge in [0.2, 0.25) is 0 Å². The summed E-state index contributed by atoms with van der Waals surface area (Å²) in [7, 11) is 0. The quantitative estimate of drug-likeness (QED) is 0.321. The van der Waals surface area contributed by atoms with Crippen LogP contribution in [0.4, 0.5) is 5.82 Å². The van der Waals surface area contributed by atoms with Gasteiger partial charge < -0.3 is 0 Å².